The van der Waals surface area contributed by atoms with E-state index < -0.39 is 10.0 Å². The van der Waals surface area contributed by atoms with E-state index in [9.17, 15) is 13.2 Å². The number of sulfonamides is 1. The number of anilines is 1. The van der Waals surface area contributed by atoms with Crippen LogP contribution in [0.4, 0.5) is 5.69 Å². The number of nitrogens with one attached hydrogen (secondary N) is 1. The van der Waals surface area contributed by atoms with Crippen LogP contribution in [-0.2, 0) is 17.1 Å². The first-order chi connectivity index (χ1) is 15.4. The summed E-state index contributed by atoms with van der Waals surface area (Å²) in [5.41, 5.74) is 2.98. The average molecular weight is 449 g/mol. The molecule has 1 aromatic heterocycles. The molecule has 2 aliphatic heterocycles. The Hall–Kier alpha value is -3.39. The lowest BCUT2D eigenvalue weighted by Crippen LogP contribution is -2.39. The Bertz CT molecular complexity index is 1310. The largest absolute Gasteiger partial charge is 0.353 e. The number of amidine groups is 1. The number of rotatable bonds is 3. The van der Waals surface area contributed by atoms with Crippen LogP contribution in [0.25, 0.3) is 0 Å². The van der Waals surface area contributed by atoms with Crippen LogP contribution in [-0.4, -0.2) is 36.2 Å². The Morgan fingerprint density at radius 3 is 2.56 bits per heavy atom. The summed E-state index contributed by atoms with van der Waals surface area (Å²) < 4.78 is 30.4. The minimum Gasteiger partial charge on any atom is -0.353 e. The van der Waals surface area contributed by atoms with Crippen molar-refractivity contribution in [1.29, 1.82) is 0 Å². The van der Waals surface area contributed by atoms with Gasteiger partial charge in [-0.25, -0.2) is 0 Å². The minimum absolute atomic E-state index is 0.00794. The fourth-order valence-electron chi connectivity index (χ4n) is 4.50. The van der Waals surface area contributed by atoms with Crippen LogP contribution in [0.1, 0.15) is 46.9 Å². The zero-order valence-corrected chi connectivity index (χ0v) is 18.5. The van der Waals surface area contributed by atoms with Crippen molar-refractivity contribution < 1.29 is 13.2 Å². The lowest BCUT2D eigenvalue weighted by Gasteiger charge is -2.36. The van der Waals surface area contributed by atoms with Gasteiger partial charge in [-0.15, -0.1) is 4.40 Å². The van der Waals surface area contributed by atoms with E-state index in [1.165, 1.54) is 0 Å². The second-order valence-electron chi connectivity index (χ2n) is 8.17. The highest BCUT2D eigenvalue weighted by Gasteiger charge is 2.31. The number of carbonyl (C=O) groups excluding carboxylic acids is 1. The third kappa shape index (κ3) is 3.60. The quantitative estimate of drug-likeness (QED) is 0.658. The van der Waals surface area contributed by atoms with Crippen molar-refractivity contribution in [3.05, 3.63) is 83.7 Å². The number of nitrogens with zero attached hydrogens (tertiary/aromatic N) is 3. The van der Waals surface area contributed by atoms with E-state index in [0.29, 0.717) is 22.6 Å². The molecule has 2 aliphatic rings. The number of hydrogen-bond donors (Lipinski definition) is 1. The van der Waals surface area contributed by atoms with Crippen molar-refractivity contribution in [3.8, 4) is 0 Å². The summed E-state index contributed by atoms with van der Waals surface area (Å²) >= 11 is 0. The molecule has 1 amide bonds. The van der Waals surface area contributed by atoms with Gasteiger partial charge >= 0.3 is 0 Å². The molecule has 8 heteroatoms. The highest BCUT2D eigenvalue weighted by molar-refractivity contribution is 7.90. The van der Waals surface area contributed by atoms with Crippen LogP contribution in [0.3, 0.4) is 0 Å². The normalized spacial score (nSPS) is 19.3. The smallest absolute Gasteiger partial charge is 0.285 e. The number of carbonyl (C=O) groups is 1. The van der Waals surface area contributed by atoms with Crippen LogP contribution >= 0.6 is 0 Å². The molecule has 3 heterocycles. The molecule has 1 N–H and O–H groups in total. The minimum atomic E-state index is -3.68. The third-order valence-corrected chi connectivity index (χ3v) is 7.45. The number of aromatic nitrogens is 1. The number of amides is 1. The van der Waals surface area contributed by atoms with E-state index in [-0.39, 0.29) is 16.8 Å². The van der Waals surface area contributed by atoms with Crippen LogP contribution in [0.15, 0.2) is 76.2 Å². The third-order valence-electron chi connectivity index (χ3n) is 6.12. The van der Waals surface area contributed by atoms with Crippen LogP contribution in [0, 0.1) is 0 Å². The van der Waals surface area contributed by atoms with Crippen molar-refractivity contribution in [2.75, 3.05) is 11.9 Å². The summed E-state index contributed by atoms with van der Waals surface area (Å²) in [6.45, 7) is 0.736. The zero-order valence-electron chi connectivity index (χ0n) is 17.7. The van der Waals surface area contributed by atoms with Gasteiger partial charge in [0.2, 0.25) is 0 Å². The molecule has 164 valence electrons. The second kappa shape index (κ2) is 7.94. The molecular weight excluding hydrogens is 424 g/mol. The predicted molar refractivity (Wildman–Crippen MR) is 123 cm³/mol. The van der Waals surface area contributed by atoms with Crippen molar-refractivity contribution in [2.45, 2.75) is 30.2 Å². The number of piperidine rings is 1. The molecule has 1 fully saturated rings. The number of likely N-dealkylation sites (tertiary alicyclic amines) is 1. The first-order valence-corrected chi connectivity index (χ1v) is 12.1. The molecular formula is C24H24N4O3S. The van der Waals surface area contributed by atoms with E-state index in [1.807, 2.05) is 24.2 Å². The number of benzene rings is 2. The van der Waals surface area contributed by atoms with Gasteiger partial charge in [0.15, 0.2) is 5.84 Å². The standard InChI is InChI=1S/C24H24N4O3S/c1-27-15-6-9-20(27)21-8-4-5-16-28(21)24(29)17-11-13-18(14-12-17)25-23-19-7-2-3-10-22(19)32(30,31)26-23/h2-3,6-7,9-15,21H,4-5,8,16H2,1H3,(H,25,26)/t21-/m1/s1. The molecule has 32 heavy (non-hydrogen) atoms. The van der Waals surface area contributed by atoms with Gasteiger partial charge in [0.25, 0.3) is 15.9 Å². The fourth-order valence-corrected chi connectivity index (χ4v) is 5.67. The fraction of sp³-hybridized carbons (Fsp3) is 0.250. The summed E-state index contributed by atoms with van der Waals surface area (Å²) in [5, 5.41) is 3.08. The van der Waals surface area contributed by atoms with Gasteiger partial charge in [0.1, 0.15) is 4.90 Å². The van der Waals surface area contributed by atoms with E-state index >= 15 is 0 Å². The van der Waals surface area contributed by atoms with E-state index in [2.05, 4.69) is 20.3 Å². The van der Waals surface area contributed by atoms with E-state index in [4.69, 9.17) is 0 Å². The Balaban J connectivity index is 1.36. The summed E-state index contributed by atoms with van der Waals surface area (Å²) in [6, 6.07) is 18.0. The zero-order chi connectivity index (χ0) is 22.3. The summed E-state index contributed by atoms with van der Waals surface area (Å²) in [4.78, 5) is 15.5. The van der Waals surface area contributed by atoms with Crippen molar-refractivity contribution >= 4 is 27.5 Å². The predicted octanol–water partition coefficient (Wildman–Crippen LogP) is 3.95. The molecule has 1 atom stereocenters. The number of aryl methyl sites for hydroxylation is 1. The topological polar surface area (TPSA) is 83.8 Å². The van der Waals surface area contributed by atoms with E-state index in [1.54, 1.807) is 48.5 Å². The lowest BCUT2D eigenvalue weighted by atomic mass is 9.98. The molecule has 0 radical (unpaired) electrons. The first-order valence-electron chi connectivity index (χ1n) is 10.7. The molecule has 0 spiro atoms. The molecule has 0 saturated carbocycles. The highest BCUT2D eigenvalue weighted by Crippen LogP contribution is 2.32. The summed E-state index contributed by atoms with van der Waals surface area (Å²) in [7, 11) is -1.67. The Morgan fingerprint density at radius 2 is 1.81 bits per heavy atom. The van der Waals surface area contributed by atoms with Gasteiger partial charge in [-0.3, -0.25) is 4.79 Å². The van der Waals surface area contributed by atoms with Crippen molar-refractivity contribution in [1.82, 2.24) is 9.47 Å². The van der Waals surface area contributed by atoms with Crippen molar-refractivity contribution in [2.24, 2.45) is 11.4 Å². The molecule has 0 unspecified atom stereocenters. The molecule has 1 saturated heterocycles. The van der Waals surface area contributed by atoms with E-state index in [0.717, 1.165) is 31.5 Å². The van der Waals surface area contributed by atoms with Gasteiger partial charge in [-0.1, -0.05) is 12.1 Å². The molecule has 3 aromatic rings. The van der Waals surface area contributed by atoms with Crippen molar-refractivity contribution in [3.63, 3.8) is 0 Å². The maximum atomic E-state index is 13.3. The SMILES string of the molecule is Cn1cccc1[C@H]1CCCCN1C(=O)c1ccc(NC2=NS(=O)(=O)c3ccccc32)cc1. The average Bonchev–Trinajstić information content (AvgIpc) is 3.34. The van der Waals surface area contributed by atoms with Gasteiger partial charge < -0.3 is 14.8 Å². The highest BCUT2D eigenvalue weighted by atomic mass is 32.2. The van der Waals surface area contributed by atoms with Gasteiger partial charge in [0, 0.05) is 42.3 Å². The molecule has 0 aliphatic carbocycles. The Morgan fingerprint density at radius 1 is 1.03 bits per heavy atom. The molecule has 0 bridgehead atoms. The van der Waals surface area contributed by atoms with Gasteiger partial charge in [-0.2, -0.15) is 8.42 Å². The van der Waals surface area contributed by atoms with Gasteiger partial charge in [-0.05, 0) is 67.8 Å². The second-order valence-corrected chi connectivity index (χ2v) is 9.74. The van der Waals surface area contributed by atoms with Crippen LogP contribution < -0.4 is 5.32 Å². The number of hydrogen-bond acceptors (Lipinski definition) is 4. The Labute approximate surface area is 187 Å². The maximum absolute atomic E-state index is 13.3. The summed E-state index contributed by atoms with van der Waals surface area (Å²) in [5.74, 6) is 0.299. The van der Waals surface area contributed by atoms with Crippen LogP contribution in [0.5, 0.6) is 0 Å². The molecule has 7 nitrogen and oxygen atoms in total. The lowest BCUT2D eigenvalue weighted by molar-refractivity contribution is 0.0602. The van der Waals surface area contributed by atoms with Crippen LogP contribution in [0.2, 0.25) is 0 Å². The molecule has 5 rings (SSSR count). The van der Waals surface area contributed by atoms with Gasteiger partial charge in [0.05, 0.1) is 6.04 Å². The first kappa shape index (κ1) is 20.5. The number of fused-ring (bicyclic) bond motifs is 1. The molecule has 2 aromatic carbocycles. The summed E-state index contributed by atoms with van der Waals surface area (Å²) in [6.07, 6.45) is 5.07. The Kier molecular flexibility index (Phi) is 5.09. The maximum Gasteiger partial charge on any atom is 0.285 e. The monoisotopic (exact) mass is 448 g/mol.